The van der Waals surface area contributed by atoms with Crippen molar-refractivity contribution in [1.82, 2.24) is 4.57 Å². The highest BCUT2D eigenvalue weighted by Crippen LogP contribution is 2.52. The summed E-state index contributed by atoms with van der Waals surface area (Å²) >= 11 is 0. The Morgan fingerprint density at radius 1 is 0.592 bits per heavy atom. The van der Waals surface area contributed by atoms with E-state index in [4.69, 9.17) is 10.7 Å². The highest BCUT2D eigenvalue weighted by molar-refractivity contribution is 6.15. The molecule has 0 saturated carbocycles. The lowest BCUT2D eigenvalue weighted by molar-refractivity contribution is 0.660. The van der Waals surface area contributed by atoms with Crippen molar-refractivity contribution in [2.45, 2.75) is 45.2 Å². The van der Waals surface area contributed by atoms with Gasteiger partial charge in [0.1, 0.15) is 6.67 Å². The van der Waals surface area contributed by atoms with E-state index in [-0.39, 0.29) is 10.8 Å². The minimum absolute atomic E-state index is 0.0805. The maximum atomic E-state index is 6.98. The third-order valence-corrected chi connectivity index (χ3v) is 11.1. The number of aromatic nitrogens is 1. The van der Waals surface area contributed by atoms with E-state index in [1.54, 1.807) is 0 Å². The molecule has 6 aromatic carbocycles. The van der Waals surface area contributed by atoms with Crippen molar-refractivity contribution >= 4 is 33.2 Å². The number of hydrogen-bond donors (Lipinski definition) is 1. The molecule has 3 nitrogen and oxygen atoms in total. The number of hydrogen-bond acceptors (Lipinski definition) is 2. The average Bonchev–Trinajstić information content (AvgIpc) is 3.67. The van der Waals surface area contributed by atoms with E-state index in [2.05, 4.69) is 166 Å². The normalized spacial score (nSPS) is 15.7. The van der Waals surface area contributed by atoms with E-state index < -0.39 is 0 Å². The van der Waals surface area contributed by atoms with Crippen LogP contribution in [0.3, 0.4) is 0 Å². The number of nitrogens with zero attached hydrogens (tertiary/aromatic N) is 2. The standard InChI is InChI=1S/C46H39N3/c1-45(2)37-20-12-9-18-35(37)43-38(45)25-24-34-33-17-10-13-21-42(33)49(44(34)43)28-48-41(29-14-6-5-7-15-29)27-40(47)30-22-23-32-31-16-8-11-19-36(31)46(3,4)39(32)26-30/h5-27H,28,47H2,1-4H3/b40-27-,48-41?. The van der Waals surface area contributed by atoms with Crippen LogP contribution in [0.5, 0.6) is 0 Å². The smallest absolute Gasteiger partial charge is 0.115 e. The zero-order chi connectivity index (χ0) is 33.5. The van der Waals surface area contributed by atoms with E-state index in [0.29, 0.717) is 12.4 Å². The molecule has 2 aliphatic carbocycles. The van der Waals surface area contributed by atoms with Gasteiger partial charge in [-0.25, -0.2) is 0 Å². The molecule has 0 aliphatic heterocycles. The summed E-state index contributed by atoms with van der Waals surface area (Å²) in [5, 5.41) is 2.51. The molecular formula is C46H39N3. The van der Waals surface area contributed by atoms with Crippen LogP contribution in [-0.4, -0.2) is 10.3 Å². The highest BCUT2D eigenvalue weighted by atomic mass is 15.1. The molecule has 0 saturated heterocycles. The molecule has 0 spiro atoms. The van der Waals surface area contributed by atoms with Crippen LogP contribution < -0.4 is 5.73 Å². The summed E-state index contributed by atoms with van der Waals surface area (Å²) in [6.07, 6.45) is 2.06. The van der Waals surface area contributed by atoms with Crippen molar-refractivity contribution in [2.24, 2.45) is 10.7 Å². The molecule has 2 N–H and O–H groups in total. The van der Waals surface area contributed by atoms with Crippen molar-refractivity contribution in [2.75, 3.05) is 0 Å². The zero-order valence-electron chi connectivity index (χ0n) is 28.5. The molecule has 0 amide bonds. The van der Waals surface area contributed by atoms with Gasteiger partial charge in [0.05, 0.1) is 16.7 Å². The molecule has 1 aromatic heterocycles. The first-order valence-electron chi connectivity index (χ1n) is 17.2. The van der Waals surface area contributed by atoms with Crippen LogP contribution in [0.15, 0.2) is 145 Å². The summed E-state index contributed by atoms with van der Waals surface area (Å²) in [6.45, 7) is 9.76. The number of allylic oxidation sites excluding steroid dienone is 1. The van der Waals surface area contributed by atoms with Gasteiger partial charge in [0.2, 0.25) is 0 Å². The van der Waals surface area contributed by atoms with E-state index in [1.807, 2.05) is 6.07 Å². The van der Waals surface area contributed by atoms with Crippen molar-refractivity contribution in [3.05, 3.63) is 173 Å². The van der Waals surface area contributed by atoms with Gasteiger partial charge in [0.15, 0.2) is 0 Å². The SMILES string of the molecule is CC1(C)c2ccccc2-c2ccc(/C(N)=C/C(=NCn3c4ccccc4c4ccc5c(c43)-c3ccccc3C5(C)C)c3ccccc3)cc21. The quantitative estimate of drug-likeness (QED) is 0.188. The molecule has 2 aliphatic rings. The molecule has 9 rings (SSSR count). The first-order valence-corrected chi connectivity index (χ1v) is 17.2. The number of para-hydroxylation sites is 1. The Labute approximate surface area is 288 Å². The fraction of sp³-hybridized carbons (Fsp3) is 0.152. The lowest BCUT2D eigenvalue weighted by Crippen LogP contribution is -2.15. The van der Waals surface area contributed by atoms with Crippen molar-refractivity contribution in [3.8, 4) is 22.3 Å². The molecule has 49 heavy (non-hydrogen) atoms. The molecule has 238 valence electrons. The summed E-state index contributed by atoms with van der Waals surface area (Å²) in [7, 11) is 0. The van der Waals surface area contributed by atoms with Gasteiger partial charge in [-0.05, 0) is 68.3 Å². The summed E-state index contributed by atoms with van der Waals surface area (Å²) in [5.41, 5.74) is 23.5. The fourth-order valence-electron chi connectivity index (χ4n) is 8.57. The highest BCUT2D eigenvalue weighted by Gasteiger charge is 2.38. The van der Waals surface area contributed by atoms with Gasteiger partial charge in [-0.2, -0.15) is 0 Å². The largest absolute Gasteiger partial charge is 0.398 e. The third kappa shape index (κ3) is 4.31. The Hall–Kier alpha value is -5.67. The van der Waals surface area contributed by atoms with Gasteiger partial charge in [0, 0.05) is 32.9 Å². The van der Waals surface area contributed by atoms with Crippen molar-refractivity contribution in [3.63, 3.8) is 0 Å². The van der Waals surface area contributed by atoms with Crippen molar-refractivity contribution in [1.29, 1.82) is 0 Å². The topological polar surface area (TPSA) is 43.3 Å². The summed E-state index contributed by atoms with van der Waals surface area (Å²) < 4.78 is 2.41. The number of rotatable bonds is 5. The molecule has 0 fully saturated rings. The first kappa shape index (κ1) is 29.5. The lowest BCUT2D eigenvalue weighted by atomic mass is 9.82. The maximum Gasteiger partial charge on any atom is 0.115 e. The molecule has 0 bridgehead atoms. The molecule has 0 radical (unpaired) electrons. The van der Waals surface area contributed by atoms with E-state index >= 15 is 0 Å². The van der Waals surface area contributed by atoms with Crippen LogP contribution in [-0.2, 0) is 17.5 Å². The Bertz CT molecular complexity index is 2520. The average molecular weight is 634 g/mol. The number of fused-ring (bicyclic) bond motifs is 10. The monoisotopic (exact) mass is 633 g/mol. The second-order valence-corrected chi connectivity index (χ2v) is 14.6. The first-order chi connectivity index (χ1) is 23.7. The molecule has 3 heteroatoms. The molecule has 1 heterocycles. The van der Waals surface area contributed by atoms with E-state index in [1.165, 1.54) is 66.3 Å². The predicted molar refractivity (Wildman–Crippen MR) is 206 cm³/mol. The van der Waals surface area contributed by atoms with Crippen molar-refractivity contribution < 1.29 is 0 Å². The Balaban J connectivity index is 1.20. The summed E-state index contributed by atoms with van der Waals surface area (Å²) in [5.74, 6) is 0. The minimum Gasteiger partial charge on any atom is -0.398 e. The van der Waals surface area contributed by atoms with Gasteiger partial charge in [0.25, 0.3) is 0 Å². The molecular weight excluding hydrogens is 595 g/mol. The Morgan fingerprint density at radius 2 is 1.22 bits per heavy atom. The summed E-state index contributed by atoms with van der Waals surface area (Å²) in [4.78, 5) is 5.38. The maximum absolute atomic E-state index is 6.98. The second-order valence-electron chi connectivity index (χ2n) is 14.6. The van der Waals surface area contributed by atoms with Gasteiger partial charge in [-0.1, -0.05) is 149 Å². The van der Waals surface area contributed by atoms with Crippen LogP contribution in [0.1, 0.15) is 61.1 Å². The third-order valence-electron chi connectivity index (χ3n) is 11.1. The van der Waals surface area contributed by atoms with E-state index in [0.717, 1.165) is 16.8 Å². The second kappa shape index (κ2) is 10.7. The molecule has 0 unspecified atom stereocenters. The fourth-order valence-corrected chi connectivity index (χ4v) is 8.57. The molecule has 0 atom stereocenters. The van der Waals surface area contributed by atoms with Crippen LogP contribution >= 0.6 is 0 Å². The van der Waals surface area contributed by atoms with Crippen LogP contribution in [0.2, 0.25) is 0 Å². The van der Waals surface area contributed by atoms with Crippen LogP contribution in [0.4, 0.5) is 0 Å². The van der Waals surface area contributed by atoms with Gasteiger partial charge in [-0.15, -0.1) is 0 Å². The van der Waals surface area contributed by atoms with Gasteiger partial charge < -0.3 is 10.3 Å². The number of aliphatic imine (C=N–C) groups is 1. The van der Waals surface area contributed by atoms with Gasteiger partial charge >= 0.3 is 0 Å². The predicted octanol–water partition coefficient (Wildman–Crippen LogP) is 10.9. The summed E-state index contributed by atoms with van der Waals surface area (Å²) in [6, 6.07) is 48.1. The van der Waals surface area contributed by atoms with Crippen LogP contribution in [0, 0.1) is 0 Å². The molecule has 7 aromatic rings. The zero-order valence-corrected chi connectivity index (χ0v) is 28.5. The lowest BCUT2D eigenvalue weighted by Gasteiger charge is -2.22. The van der Waals surface area contributed by atoms with Crippen LogP contribution in [0.25, 0.3) is 49.8 Å². The van der Waals surface area contributed by atoms with Gasteiger partial charge in [-0.3, -0.25) is 4.99 Å². The number of benzene rings is 6. The Morgan fingerprint density at radius 3 is 2.02 bits per heavy atom. The minimum atomic E-state index is -0.0947. The van der Waals surface area contributed by atoms with E-state index in [9.17, 15) is 0 Å². The number of nitrogens with two attached hydrogens (primary N) is 1. The Kier molecular flexibility index (Phi) is 6.42.